The summed E-state index contributed by atoms with van der Waals surface area (Å²) in [5.41, 5.74) is 0.967. The summed E-state index contributed by atoms with van der Waals surface area (Å²) in [6.07, 6.45) is 5.56. The van der Waals surface area contributed by atoms with Gasteiger partial charge in [-0.3, -0.25) is 0 Å². The van der Waals surface area contributed by atoms with Crippen LogP contribution in [0.2, 0.25) is 0 Å². The number of hydrogen-bond donors (Lipinski definition) is 0. The summed E-state index contributed by atoms with van der Waals surface area (Å²) in [4.78, 5) is 0. The SMILES string of the molecule is C#Cc1cccc2ccc3ccccc3c12. The van der Waals surface area contributed by atoms with E-state index in [1.165, 1.54) is 21.5 Å². The van der Waals surface area contributed by atoms with E-state index in [0.717, 1.165) is 5.56 Å². The van der Waals surface area contributed by atoms with Gasteiger partial charge < -0.3 is 0 Å². The van der Waals surface area contributed by atoms with Gasteiger partial charge in [0.15, 0.2) is 0 Å². The first-order chi connectivity index (χ1) is 7.90. The summed E-state index contributed by atoms with van der Waals surface area (Å²) < 4.78 is 0. The molecule has 0 heteroatoms. The van der Waals surface area contributed by atoms with E-state index in [9.17, 15) is 0 Å². The molecule has 0 unspecified atom stereocenters. The maximum Gasteiger partial charge on any atom is 0.0327 e. The molecule has 3 rings (SSSR count). The Bertz CT molecular complexity index is 715. The van der Waals surface area contributed by atoms with E-state index < -0.39 is 0 Å². The van der Waals surface area contributed by atoms with Gasteiger partial charge in [-0.25, -0.2) is 0 Å². The van der Waals surface area contributed by atoms with Gasteiger partial charge in [0, 0.05) is 10.9 Å². The Hall–Kier alpha value is -2.26. The highest BCUT2D eigenvalue weighted by Gasteiger charge is 2.02. The van der Waals surface area contributed by atoms with Gasteiger partial charge >= 0.3 is 0 Å². The van der Waals surface area contributed by atoms with E-state index in [-0.39, 0.29) is 0 Å². The molecular formula is C16H10. The Morgan fingerprint density at radius 3 is 2.38 bits per heavy atom. The third-order valence-electron chi connectivity index (χ3n) is 2.92. The average Bonchev–Trinajstić information content (AvgIpc) is 2.37. The summed E-state index contributed by atoms with van der Waals surface area (Å²) >= 11 is 0. The van der Waals surface area contributed by atoms with Gasteiger partial charge in [0.25, 0.3) is 0 Å². The fourth-order valence-corrected chi connectivity index (χ4v) is 2.18. The number of hydrogen-bond acceptors (Lipinski definition) is 0. The van der Waals surface area contributed by atoms with E-state index in [2.05, 4.69) is 42.3 Å². The molecule has 0 fully saturated rings. The number of terminal acetylenes is 1. The lowest BCUT2D eigenvalue weighted by Crippen LogP contribution is -1.81. The van der Waals surface area contributed by atoms with Crippen molar-refractivity contribution >= 4 is 21.5 Å². The van der Waals surface area contributed by atoms with Gasteiger partial charge in [0.05, 0.1) is 0 Å². The molecule has 0 aliphatic rings. The smallest absolute Gasteiger partial charge is 0.0327 e. The van der Waals surface area contributed by atoms with Crippen molar-refractivity contribution < 1.29 is 0 Å². The van der Waals surface area contributed by atoms with E-state index in [4.69, 9.17) is 6.42 Å². The minimum Gasteiger partial charge on any atom is -0.115 e. The Balaban J connectivity index is 2.64. The molecule has 3 aromatic carbocycles. The van der Waals surface area contributed by atoms with Crippen LogP contribution in [-0.2, 0) is 0 Å². The third kappa shape index (κ3) is 1.19. The van der Waals surface area contributed by atoms with Crippen LogP contribution in [0, 0.1) is 12.3 Å². The zero-order valence-corrected chi connectivity index (χ0v) is 8.77. The van der Waals surface area contributed by atoms with Gasteiger partial charge in [-0.1, -0.05) is 54.5 Å². The number of fused-ring (bicyclic) bond motifs is 3. The molecule has 0 bridgehead atoms. The molecule has 0 nitrogen and oxygen atoms in total. The topological polar surface area (TPSA) is 0 Å². The van der Waals surface area contributed by atoms with Crippen LogP contribution >= 0.6 is 0 Å². The van der Waals surface area contributed by atoms with Gasteiger partial charge in [-0.2, -0.15) is 0 Å². The second kappa shape index (κ2) is 3.40. The minimum atomic E-state index is 0.967. The van der Waals surface area contributed by atoms with Crippen LogP contribution in [0.4, 0.5) is 0 Å². The fraction of sp³-hybridized carbons (Fsp3) is 0. The predicted octanol–water partition coefficient (Wildman–Crippen LogP) is 3.97. The lowest BCUT2D eigenvalue weighted by atomic mass is 9.98. The number of benzene rings is 3. The first kappa shape index (κ1) is 9.00. The van der Waals surface area contributed by atoms with Crippen LogP contribution in [0.15, 0.2) is 54.6 Å². The Morgan fingerprint density at radius 2 is 1.50 bits per heavy atom. The first-order valence-corrected chi connectivity index (χ1v) is 5.27. The van der Waals surface area contributed by atoms with Crippen molar-refractivity contribution in [3.05, 3.63) is 60.2 Å². The summed E-state index contributed by atoms with van der Waals surface area (Å²) in [6.45, 7) is 0. The van der Waals surface area contributed by atoms with Crippen molar-refractivity contribution in [1.82, 2.24) is 0 Å². The Morgan fingerprint density at radius 1 is 0.750 bits per heavy atom. The van der Waals surface area contributed by atoms with Gasteiger partial charge in [-0.15, -0.1) is 6.42 Å². The lowest BCUT2D eigenvalue weighted by molar-refractivity contribution is 1.73. The van der Waals surface area contributed by atoms with E-state index in [1.807, 2.05) is 18.2 Å². The zero-order chi connectivity index (χ0) is 11.0. The molecule has 0 aliphatic carbocycles. The molecule has 0 heterocycles. The highest BCUT2D eigenvalue weighted by atomic mass is 14.1. The van der Waals surface area contributed by atoms with Crippen molar-refractivity contribution in [2.45, 2.75) is 0 Å². The van der Waals surface area contributed by atoms with E-state index in [1.54, 1.807) is 0 Å². The fourth-order valence-electron chi connectivity index (χ4n) is 2.18. The molecule has 0 aromatic heterocycles. The van der Waals surface area contributed by atoms with Crippen molar-refractivity contribution in [3.63, 3.8) is 0 Å². The van der Waals surface area contributed by atoms with Gasteiger partial charge in [-0.05, 0) is 22.2 Å². The third-order valence-corrected chi connectivity index (χ3v) is 2.92. The monoisotopic (exact) mass is 202 g/mol. The summed E-state index contributed by atoms with van der Waals surface area (Å²) in [7, 11) is 0. The second-order valence-electron chi connectivity index (χ2n) is 3.83. The molecule has 0 aliphatic heterocycles. The van der Waals surface area contributed by atoms with Crippen LogP contribution in [0.3, 0.4) is 0 Å². The summed E-state index contributed by atoms with van der Waals surface area (Å²) in [5, 5.41) is 4.85. The summed E-state index contributed by atoms with van der Waals surface area (Å²) in [5.74, 6) is 2.76. The molecule has 3 aromatic rings. The number of rotatable bonds is 0. The predicted molar refractivity (Wildman–Crippen MR) is 69.4 cm³/mol. The van der Waals surface area contributed by atoms with E-state index >= 15 is 0 Å². The zero-order valence-electron chi connectivity index (χ0n) is 8.77. The molecular weight excluding hydrogens is 192 g/mol. The molecule has 74 valence electrons. The van der Waals surface area contributed by atoms with Crippen LogP contribution in [0.1, 0.15) is 5.56 Å². The van der Waals surface area contributed by atoms with Gasteiger partial charge in [0.1, 0.15) is 0 Å². The minimum absolute atomic E-state index is 0.967. The van der Waals surface area contributed by atoms with Crippen molar-refractivity contribution in [2.24, 2.45) is 0 Å². The van der Waals surface area contributed by atoms with Crippen LogP contribution in [0.25, 0.3) is 21.5 Å². The average molecular weight is 202 g/mol. The molecule has 0 amide bonds. The van der Waals surface area contributed by atoms with Crippen molar-refractivity contribution in [3.8, 4) is 12.3 Å². The van der Waals surface area contributed by atoms with Crippen molar-refractivity contribution in [2.75, 3.05) is 0 Å². The highest BCUT2D eigenvalue weighted by Crippen LogP contribution is 2.27. The molecule has 0 N–H and O–H groups in total. The largest absolute Gasteiger partial charge is 0.115 e. The van der Waals surface area contributed by atoms with Crippen LogP contribution in [0.5, 0.6) is 0 Å². The Labute approximate surface area is 94.5 Å². The molecule has 16 heavy (non-hydrogen) atoms. The molecule has 0 atom stereocenters. The molecule has 0 saturated carbocycles. The Kier molecular flexibility index (Phi) is 1.91. The van der Waals surface area contributed by atoms with Crippen molar-refractivity contribution in [1.29, 1.82) is 0 Å². The molecule has 0 saturated heterocycles. The standard InChI is InChI=1S/C16H10/c1-2-12-7-5-8-14-11-10-13-6-3-4-9-15(13)16(12)14/h1,3-11H. The van der Waals surface area contributed by atoms with E-state index in [0.29, 0.717) is 0 Å². The van der Waals surface area contributed by atoms with Crippen LogP contribution < -0.4 is 0 Å². The normalized spacial score (nSPS) is 10.4. The highest BCUT2D eigenvalue weighted by molar-refractivity contribution is 6.10. The second-order valence-corrected chi connectivity index (χ2v) is 3.83. The molecule has 0 spiro atoms. The molecule has 0 radical (unpaired) electrons. The maximum atomic E-state index is 5.56. The maximum absolute atomic E-state index is 5.56. The van der Waals surface area contributed by atoms with Crippen LogP contribution in [-0.4, -0.2) is 0 Å². The summed E-state index contributed by atoms with van der Waals surface area (Å²) in [6, 6.07) is 18.7. The van der Waals surface area contributed by atoms with Gasteiger partial charge in [0.2, 0.25) is 0 Å². The first-order valence-electron chi connectivity index (χ1n) is 5.27. The lowest BCUT2D eigenvalue weighted by Gasteiger charge is -2.05. The quantitative estimate of drug-likeness (QED) is 0.382.